The van der Waals surface area contributed by atoms with Crippen LogP contribution in [-0.2, 0) is 0 Å². The van der Waals surface area contributed by atoms with Gasteiger partial charge in [-0.05, 0) is 23.8 Å². The lowest BCUT2D eigenvalue weighted by Gasteiger charge is -2.07. The van der Waals surface area contributed by atoms with E-state index in [0.717, 1.165) is 11.3 Å². The highest BCUT2D eigenvalue weighted by atomic mass is 16.3. The first-order valence-electron chi connectivity index (χ1n) is 3.72. The van der Waals surface area contributed by atoms with Gasteiger partial charge in [-0.25, -0.2) is 0 Å². The Hall–Kier alpha value is -1.19. The van der Waals surface area contributed by atoms with Gasteiger partial charge in [-0.3, -0.25) is 4.98 Å². The molecule has 0 aliphatic heterocycles. The van der Waals surface area contributed by atoms with Crippen LogP contribution in [0.25, 0.3) is 6.08 Å². The first-order chi connectivity index (χ1) is 5.77. The summed E-state index contributed by atoms with van der Waals surface area (Å²) in [5.41, 5.74) is 7.26. The normalized spacial score (nSPS) is 12.5. The highest BCUT2D eigenvalue weighted by Gasteiger charge is 2.03. The average Bonchev–Trinajstić information content (AvgIpc) is 2.17. The summed E-state index contributed by atoms with van der Waals surface area (Å²) in [6, 6.07) is 3.27. The molecule has 0 radical (unpaired) electrons. The summed E-state index contributed by atoms with van der Waals surface area (Å²) in [6.45, 7) is 3.54. The molecule has 1 aromatic heterocycles. The molecule has 1 aromatic rings. The highest BCUT2D eigenvalue weighted by molar-refractivity contribution is 5.42. The van der Waals surface area contributed by atoms with Crippen LogP contribution in [0.1, 0.15) is 17.3 Å². The third-order valence-electron chi connectivity index (χ3n) is 1.64. The first kappa shape index (κ1) is 8.90. The van der Waals surface area contributed by atoms with Crippen molar-refractivity contribution in [1.29, 1.82) is 0 Å². The maximum Gasteiger partial charge on any atom is 0.0627 e. The second-order valence-corrected chi connectivity index (χ2v) is 2.51. The maximum atomic E-state index is 8.78. The molecule has 1 rings (SSSR count). The third kappa shape index (κ3) is 1.90. The fourth-order valence-electron chi connectivity index (χ4n) is 0.913. The SMILES string of the molecule is C=Cc1cc([C@@H](N)CO)ccn1. The zero-order valence-electron chi connectivity index (χ0n) is 6.77. The van der Waals surface area contributed by atoms with Crippen molar-refractivity contribution in [2.24, 2.45) is 5.73 Å². The van der Waals surface area contributed by atoms with Gasteiger partial charge >= 0.3 is 0 Å². The van der Waals surface area contributed by atoms with E-state index in [-0.39, 0.29) is 12.6 Å². The Kier molecular flexibility index (Phi) is 2.96. The number of aliphatic hydroxyl groups is 1. The largest absolute Gasteiger partial charge is 0.394 e. The van der Waals surface area contributed by atoms with Crippen LogP contribution in [0.3, 0.4) is 0 Å². The van der Waals surface area contributed by atoms with Gasteiger partial charge in [0, 0.05) is 6.20 Å². The topological polar surface area (TPSA) is 59.1 Å². The van der Waals surface area contributed by atoms with Gasteiger partial charge in [0.15, 0.2) is 0 Å². The summed E-state index contributed by atoms with van der Waals surface area (Å²) in [7, 11) is 0. The summed E-state index contributed by atoms with van der Waals surface area (Å²) in [5.74, 6) is 0. The number of pyridine rings is 1. The molecule has 0 saturated carbocycles. The molecule has 0 aliphatic rings. The summed E-state index contributed by atoms with van der Waals surface area (Å²) in [5, 5.41) is 8.78. The van der Waals surface area contributed by atoms with E-state index in [1.807, 2.05) is 6.07 Å². The maximum absolute atomic E-state index is 8.78. The third-order valence-corrected chi connectivity index (χ3v) is 1.64. The van der Waals surface area contributed by atoms with Crippen molar-refractivity contribution in [2.75, 3.05) is 6.61 Å². The molecule has 0 bridgehead atoms. The molecule has 0 fully saturated rings. The van der Waals surface area contributed by atoms with Crippen molar-refractivity contribution < 1.29 is 5.11 Å². The van der Waals surface area contributed by atoms with Crippen molar-refractivity contribution >= 4 is 6.08 Å². The molecule has 3 nitrogen and oxygen atoms in total. The van der Waals surface area contributed by atoms with Crippen molar-refractivity contribution in [3.8, 4) is 0 Å². The van der Waals surface area contributed by atoms with Gasteiger partial charge in [0.05, 0.1) is 18.3 Å². The molecule has 0 amide bonds. The quantitative estimate of drug-likeness (QED) is 0.692. The molecule has 1 atom stereocenters. The van der Waals surface area contributed by atoms with E-state index in [1.165, 1.54) is 0 Å². The molecule has 0 unspecified atom stereocenters. The molecule has 12 heavy (non-hydrogen) atoms. The lowest BCUT2D eigenvalue weighted by atomic mass is 10.1. The molecule has 1 heterocycles. The van der Waals surface area contributed by atoms with Crippen LogP contribution in [0, 0.1) is 0 Å². The van der Waals surface area contributed by atoms with Crippen molar-refractivity contribution in [2.45, 2.75) is 6.04 Å². The molecular formula is C9H12N2O. The fraction of sp³-hybridized carbons (Fsp3) is 0.222. The molecule has 64 valence electrons. The molecule has 0 saturated heterocycles. The van der Waals surface area contributed by atoms with Crippen molar-refractivity contribution in [1.82, 2.24) is 4.98 Å². The van der Waals surface area contributed by atoms with Gasteiger partial charge < -0.3 is 10.8 Å². The van der Waals surface area contributed by atoms with Crippen LogP contribution in [0.5, 0.6) is 0 Å². The zero-order chi connectivity index (χ0) is 8.97. The molecular weight excluding hydrogens is 152 g/mol. The molecule has 0 aliphatic carbocycles. The van der Waals surface area contributed by atoms with E-state index in [4.69, 9.17) is 10.8 Å². The van der Waals surface area contributed by atoms with Crippen LogP contribution in [-0.4, -0.2) is 16.7 Å². The van der Waals surface area contributed by atoms with E-state index >= 15 is 0 Å². The van der Waals surface area contributed by atoms with E-state index in [2.05, 4.69) is 11.6 Å². The van der Waals surface area contributed by atoms with Gasteiger partial charge in [0.25, 0.3) is 0 Å². The average molecular weight is 164 g/mol. The van der Waals surface area contributed by atoms with Crippen molar-refractivity contribution in [3.05, 3.63) is 36.2 Å². The number of aliphatic hydroxyl groups excluding tert-OH is 1. The number of hydrogen-bond donors (Lipinski definition) is 2. The molecule has 0 aromatic carbocycles. The summed E-state index contributed by atoms with van der Waals surface area (Å²) in [6.07, 6.45) is 3.30. The predicted octanol–water partition coefficient (Wildman–Crippen LogP) is 0.717. The van der Waals surface area contributed by atoms with E-state index in [9.17, 15) is 0 Å². The predicted molar refractivity (Wildman–Crippen MR) is 48.3 cm³/mol. The molecule has 0 spiro atoms. The van der Waals surface area contributed by atoms with Crippen LogP contribution < -0.4 is 5.73 Å². The standard InChI is InChI=1S/C9H12N2O/c1-2-8-5-7(3-4-11-8)9(10)6-12/h2-5,9,12H,1,6,10H2/t9-/m0/s1. The number of nitrogens with two attached hydrogens (primary N) is 1. The summed E-state index contributed by atoms with van der Waals surface area (Å²) in [4.78, 5) is 4.02. The Morgan fingerprint density at radius 3 is 3.08 bits per heavy atom. The summed E-state index contributed by atoms with van der Waals surface area (Å²) >= 11 is 0. The summed E-state index contributed by atoms with van der Waals surface area (Å²) < 4.78 is 0. The zero-order valence-corrected chi connectivity index (χ0v) is 6.77. The van der Waals surface area contributed by atoms with E-state index in [0.29, 0.717) is 0 Å². The van der Waals surface area contributed by atoms with Crippen LogP contribution in [0.15, 0.2) is 24.9 Å². The fourth-order valence-corrected chi connectivity index (χ4v) is 0.913. The van der Waals surface area contributed by atoms with Crippen LogP contribution >= 0.6 is 0 Å². The monoisotopic (exact) mass is 164 g/mol. The van der Waals surface area contributed by atoms with Gasteiger partial charge in [-0.2, -0.15) is 0 Å². The van der Waals surface area contributed by atoms with Crippen LogP contribution in [0.2, 0.25) is 0 Å². The minimum Gasteiger partial charge on any atom is -0.394 e. The number of hydrogen-bond acceptors (Lipinski definition) is 3. The van der Waals surface area contributed by atoms with Gasteiger partial charge in [0.2, 0.25) is 0 Å². The van der Waals surface area contributed by atoms with Gasteiger partial charge in [-0.1, -0.05) is 6.58 Å². The van der Waals surface area contributed by atoms with Crippen molar-refractivity contribution in [3.63, 3.8) is 0 Å². The second-order valence-electron chi connectivity index (χ2n) is 2.51. The lowest BCUT2D eigenvalue weighted by Crippen LogP contribution is -2.14. The Bertz CT molecular complexity index is 273. The van der Waals surface area contributed by atoms with E-state index in [1.54, 1.807) is 18.3 Å². The van der Waals surface area contributed by atoms with Crippen LogP contribution in [0.4, 0.5) is 0 Å². The molecule has 3 N–H and O–H groups in total. The Morgan fingerprint density at radius 2 is 2.50 bits per heavy atom. The Balaban J connectivity index is 2.93. The molecule has 3 heteroatoms. The smallest absolute Gasteiger partial charge is 0.0627 e. The first-order valence-corrected chi connectivity index (χ1v) is 3.72. The van der Waals surface area contributed by atoms with Gasteiger partial charge in [-0.15, -0.1) is 0 Å². The minimum atomic E-state index is -0.327. The number of nitrogens with zero attached hydrogens (tertiary/aromatic N) is 1. The Labute approximate surface area is 71.6 Å². The minimum absolute atomic E-state index is 0.0550. The lowest BCUT2D eigenvalue weighted by molar-refractivity contribution is 0.268. The van der Waals surface area contributed by atoms with Gasteiger partial charge in [0.1, 0.15) is 0 Å². The number of aromatic nitrogens is 1. The second kappa shape index (κ2) is 3.99. The Morgan fingerprint density at radius 1 is 1.75 bits per heavy atom. The number of rotatable bonds is 3. The van der Waals surface area contributed by atoms with E-state index < -0.39 is 0 Å². The highest BCUT2D eigenvalue weighted by Crippen LogP contribution is 2.10.